The van der Waals surface area contributed by atoms with Crippen LogP contribution in [0.3, 0.4) is 0 Å². The third kappa shape index (κ3) is 3.63. The SMILES string of the molecule is CCCN(Cc1ccccc1)C(=O)c1ccc(F)nc1. The lowest BCUT2D eigenvalue weighted by Gasteiger charge is -2.22. The summed E-state index contributed by atoms with van der Waals surface area (Å²) in [5.41, 5.74) is 1.49. The summed E-state index contributed by atoms with van der Waals surface area (Å²) < 4.78 is 12.8. The van der Waals surface area contributed by atoms with Crippen molar-refractivity contribution in [1.82, 2.24) is 9.88 Å². The molecule has 1 amide bonds. The molecule has 1 aromatic heterocycles. The Kier molecular flexibility index (Phi) is 4.82. The lowest BCUT2D eigenvalue weighted by molar-refractivity contribution is 0.0742. The molecule has 3 nitrogen and oxygen atoms in total. The number of amides is 1. The van der Waals surface area contributed by atoms with E-state index in [-0.39, 0.29) is 5.91 Å². The van der Waals surface area contributed by atoms with Crippen LogP contribution in [0.2, 0.25) is 0 Å². The van der Waals surface area contributed by atoms with Gasteiger partial charge in [-0.15, -0.1) is 0 Å². The van der Waals surface area contributed by atoms with Crippen LogP contribution in [0.25, 0.3) is 0 Å². The molecule has 0 aliphatic carbocycles. The highest BCUT2D eigenvalue weighted by molar-refractivity contribution is 5.93. The molecule has 4 heteroatoms. The predicted molar refractivity (Wildman–Crippen MR) is 75.7 cm³/mol. The number of benzene rings is 1. The van der Waals surface area contributed by atoms with E-state index in [2.05, 4.69) is 4.98 Å². The fraction of sp³-hybridized carbons (Fsp3) is 0.250. The van der Waals surface area contributed by atoms with Gasteiger partial charge in [-0.1, -0.05) is 37.3 Å². The van der Waals surface area contributed by atoms with Crippen molar-refractivity contribution in [3.05, 3.63) is 65.7 Å². The number of hydrogen-bond acceptors (Lipinski definition) is 2. The standard InChI is InChI=1S/C16H17FN2O/c1-2-10-19(12-13-6-4-3-5-7-13)16(20)14-8-9-15(17)18-11-14/h3-9,11H,2,10,12H2,1H3. The molecule has 104 valence electrons. The number of carbonyl (C=O) groups is 1. The highest BCUT2D eigenvalue weighted by Gasteiger charge is 2.15. The van der Waals surface area contributed by atoms with Gasteiger partial charge in [0.15, 0.2) is 0 Å². The quantitative estimate of drug-likeness (QED) is 0.783. The first-order valence-corrected chi connectivity index (χ1v) is 6.65. The number of carbonyl (C=O) groups excluding carboxylic acids is 1. The fourth-order valence-electron chi connectivity index (χ4n) is 2.01. The summed E-state index contributed by atoms with van der Waals surface area (Å²) in [7, 11) is 0. The van der Waals surface area contributed by atoms with E-state index in [1.165, 1.54) is 18.3 Å². The zero-order valence-corrected chi connectivity index (χ0v) is 11.4. The predicted octanol–water partition coefficient (Wildman–Crippen LogP) is 3.27. The van der Waals surface area contributed by atoms with Gasteiger partial charge in [-0.05, 0) is 24.1 Å². The number of nitrogens with zero attached hydrogens (tertiary/aromatic N) is 2. The number of rotatable bonds is 5. The first-order valence-electron chi connectivity index (χ1n) is 6.65. The van der Waals surface area contributed by atoms with Gasteiger partial charge in [-0.2, -0.15) is 4.39 Å². The van der Waals surface area contributed by atoms with Crippen LogP contribution < -0.4 is 0 Å². The van der Waals surface area contributed by atoms with Gasteiger partial charge in [0.05, 0.1) is 5.56 Å². The second kappa shape index (κ2) is 6.80. The Morgan fingerprint density at radius 2 is 1.95 bits per heavy atom. The Labute approximate surface area is 118 Å². The average Bonchev–Trinajstić information content (AvgIpc) is 2.48. The number of pyridine rings is 1. The molecule has 0 unspecified atom stereocenters. The molecule has 0 spiro atoms. The monoisotopic (exact) mass is 272 g/mol. The molecule has 1 heterocycles. The van der Waals surface area contributed by atoms with Crippen LogP contribution in [0.4, 0.5) is 4.39 Å². The molecule has 0 aliphatic rings. The van der Waals surface area contributed by atoms with E-state index in [0.717, 1.165) is 12.0 Å². The van der Waals surface area contributed by atoms with Crippen molar-refractivity contribution in [2.45, 2.75) is 19.9 Å². The molecule has 2 rings (SSSR count). The van der Waals surface area contributed by atoms with Gasteiger partial charge in [-0.25, -0.2) is 4.98 Å². The van der Waals surface area contributed by atoms with Gasteiger partial charge < -0.3 is 4.90 Å². The first-order chi connectivity index (χ1) is 9.70. The second-order valence-corrected chi connectivity index (χ2v) is 4.58. The zero-order valence-electron chi connectivity index (χ0n) is 11.4. The normalized spacial score (nSPS) is 10.3. The lowest BCUT2D eigenvalue weighted by Crippen LogP contribution is -2.31. The Morgan fingerprint density at radius 1 is 1.20 bits per heavy atom. The van der Waals surface area contributed by atoms with E-state index in [9.17, 15) is 9.18 Å². The molecule has 0 radical (unpaired) electrons. The van der Waals surface area contributed by atoms with E-state index in [1.807, 2.05) is 37.3 Å². The molecule has 0 saturated heterocycles. The van der Waals surface area contributed by atoms with Crippen molar-refractivity contribution in [3.63, 3.8) is 0 Å². The van der Waals surface area contributed by atoms with E-state index >= 15 is 0 Å². The number of hydrogen-bond donors (Lipinski definition) is 0. The summed E-state index contributed by atoms with van der Waals surface area (Å²) in [6, 6.07) is 12.5. The van der Waals surface area contributed by atoms with Crippen LogP contribution >= 0.6 is 0 Å². The van der Waals surface area contributed by atoms with Crippen LogP contribution in [0.1, 0.15) is 29.3 Å². The Hall–Kier alpha value is -2.23. The molecule has 0 aliphatic heterocycles. The third-order valence-electron chi connectivity index (χ3n) is 2.97. The molecule has 0 bridgehead atoms. The highest BCUT2D eigenvalue weighted by atomic mass is 19.1. The van der Waals surface area contributed by atoms with Crippen LogP contribution in [0.5, 0.6) is 0 Å². The highest BCUT2D eigenvalue weighted by Crippen LogP contribution is 2.10. The van der Waals surface area contributed by atoms with E-state index in [1.54, 1.807) is 4.90 Å². The number of aromatic nitrogens is 1. The summed E-state index contributed by atoms with van der Waals surface area (Å²) in [6.45, 7) is 3.23. The zero-order chi connectivity index (χ0) is 14.4. The van der Waals surface area contributed by atoms with Crippen LogP contribution in [0.15, 0.2) is 48.7 Å². The molecule has 2 aromatic rings. The van der Waals surface area contributed by atoms with Crippen LogP contribution in [0, 0.1) is 5.95 Å². The maximum absolute atomic E-state index is 12.8. The lowest BCUT2D eigenvalue weighted by atomic mass is 10.2. The van der Waals surface area contributed by atoms with Crippen molar-refractivity contribution >= 4 is 5.91 Å². The Bertz CT molecular complexity index is 554. The minimum absolute atomic E-state index is 0.122. The molecular formula is C16H17FN2O. The summed E-state index contributed by atoms with van der Waals surface area (Å²) in [5, 5.41) is 0. The minimum atomic E-state index is -0.577. The Morgan fingerprint density at radius 3 is 2.55 bits per heavy atom. The van der Waals surface area contributed by atoms with Crippen LogP contribution in [-0.4, -0.2) is 22.3 Å². The molecule has 0 saturated carbocycles. The maximum atomic E-state index is 12.8. The van der Waals surface area contributed by atoms with Crippen molar-refractivity contribution in [2.24, 2.45) is 0 Å². The summed E-state index contributed by atoms with van der Waals surface area (Å²) in [5.74, 6) is -0.699. The maximum Gasteiger partial charge on any atom is 0.255 e. The van der Waals surface area contributed by atoms with Gasteiger partial charge in [0.25, 0.3) is 5.91 Å². The first kappa shape index (κ1) is 14.2. The van der Waals surface area contributed by atoms with Crippen molar-refractivity contribution in [3.8, 4) is 0 Å². The second-order valence-electron chi connectivity index (χ2n) is 4.58. The largest absolute Gasteiger partial charge is 0.334 e. The smallest absolute Gasteiger partial charge is 0.255 e. The molecule has 20 heavy (non-hydrogen) atoms. The van der Waals surface area contributed by atoms with Crippen molar-refractivity contribution < 1.29 is 9.18 Å². The van der Waals surface area contributed by atoms with E-state index < -0.39 is 5.95 Å². The van der Waals surface area contributed by atoms with Gasteiger partial charge in [0.1, 0.15) is 0 Å². The van der Waals surface area contributed by atoms with Gasteiger partial charge in [0.2, 0.25) is 5.95 Å². The van der Waals surface area contributed by atoms with Gasteiger partial charge >= 0.3 is 0 Å². The molecule has 0 atom stereocenters. The summed E-state index contributed by atoms with van der Waals surface area (Å²) in [6.07, 6.45) is 2.15. The van der Waals surface area contributed by atoms with Gasteiger partial charge in [-0.3, -0.25) is 4.79 Å². The molecule has 0 fully saturated rings. The molecular weight excluding hydrogens is 255 g/mol. The number of halogens is 1. The molecule has 0 N–H and O–H groups in total. The topological polar surface area (TPSA) is 33.2 Å². The van der Waals surface area contributed by atoms with Crippen LogP contribution in [-0.2, 0) is 6.54 Å². The Balaban J connectivity index is 2.15. The molecule has 1 aromatic carbocycles. The fourth-order valence-corrected chi connectivity index (χ4v) is 2.01. The van der Waals surface area contributed by atoms with Gasteiger partial charge in [0, 0.05) is 19.3 Å². The van der Waals surface area contributed by atoms with E-state index in [0.29, 0.717) is 18.7 Å². The minimum Gasteiger partial charge on any atom is -0.334 e. The van der Waals surface area contributed by atoms with Crippen molar-refractivity contribution in [2.75, 3.05) is 6.54 Å². The van der Waals surface area contributed by atoms with E-state index in [4.69, 9.17) is 0 Å². The third-order valence-corrected chi connectivity index (χ3v) is 2.97. The average molecular weight is 272 g/mol. The van der Waals surface area contributed by atoms with Crippen molar-refractivity contribution in [1.29, 1.82) is 0 Å². The summed E-state index contributed by atoms with van der Waals surface area (Å²) in [4.78, 5) is 17.7. The summed E-state index contributed by atoms with van der Waals surface area (Å²) >= 11 is 0.